The average molecular weight is 327 g/mol. The number of hydrogen-bond acceptors (Lipinski definition) is 4. The summed E-state index contributed by atoms with van der Waals surface area (Å²) >= 11 is 0. The number of nitrogens with one attached hydrogen (secondary N) is 1. The average Bonchev–Trinajstić information content (AvgIpc) is 3.15. The number of nitrogens with zero attached hydrogens (tertiary/aromatic N) is 2. The van der Waals surface area contributed by atoms with Crippen LogP contribution in [0.1, 0.15) is 31.2 Å². The van der Waals surface area contributed by atoms with E-state index < -0.39 is 5.41 Å². The summed E-state index contributed by atoms with van der Waals surface area (Å²) in [4.78, 5) is 14.2. The van der Waals surface area contributed by atoms with Gasteiger partial charge in [-0.05, 0) is 31.2 Å². The zero-order valence-corrected chi connectivity index (χ0v) is 14.0. The number of carbonyl (C=O) groups excluding carboxylic acids is 1. The molecule has 1 amide bonds. The van der Waals surface area contributed by atoms with Crippen molar-refractivity contribution >= 4 is 5.91 Å². The van der Waals surface area contributed by atoms with Crippen LogP contribution in [0.4, 0.5) is 0 Å². The first-order valence-corrected chi connectivity index (χ1v) is 8.79. The van der Waals surface area contributed by atoms with Crippen molar-refractivity contribution in [2.24, 2.45) is 0 Å². The molecule has 0 saturated carbocycles. The van der Waals surface area contributed by atoms with Crippen LogP contribution < -0.4 is 5.32 Å². The van der Waals surface area contributed by atoms with Gasteiger partial charge in [-0.2, -0.15) is 5.26 Å². The third kappa shape index (κ3) is 3.95. The molecule has 0 spiro atoms. The SMILES string of the molecule is N#CC1(c2ccccc2)CCN(CC(=O)NCC2CCCO2)CC1. The molecule has 5 nitrogen and oxygen atoms in total. The molecule has 0 aromatic heterocycles. The molecule has 2 aliphatic heterocycles. The maximum atomic E-state index is 12.1. The lowest BCUT2D eigenvalue weighted by Crippen LogP contribution is -2.46. The highest BCUT2D eigenvalue weighted by Gasteiger charge is 2.36. The Balaban J connectivity index is 1.47. The largest absolute Gasteiger partial charge is 0.376 e. The molecule has 2 saturated heterocycles. The fourth-order valence-electron chi connectivity index (χ4n) is 3.61. The van der Waals surface area contributed by atoms with Crippen LogP contribution in [0, 0.1) is 11.3 Å². The number of piperidine rings is 1. The Morgan fingerprint density at radius 1 is 1.33 bits per heavy atom. The molecule has 3 rings (SSSR count). The number of amides is 1. The van der Waals surface area contributed by atoms with Crippen molar-refractivity contribution in [1.82, 2.24) is 10.2 Å². The zero-order valence-electron chi connectivity index (χ0n) is 14.0. The van der Waals surface area contributed by atoms with Crippen LogP contribution in [0.5, 0.6) is 0 Å². The van der Waals surface area contributed by atoms with Gasteiger partial charge in [0.25, 0.3) is 0 Å². The van der Waals surface area contributed by atoms with Crippen LogP contribution in [0.25, 0.3) is 0 Å². The van der Waals surface area contributed by atoms with Gasteiger partial charge in [0.15, 0.2) is 0 Å². The van der Waals surface area contributed by atoms with Crippen LogP contribution in [0.3, 0.4) is 0 Å². The Bertz CT molecular complexity index is 582. The number of rotatable bonds is 5. The van der Waals surface area contributed by atoms with Gasteiger partial charge in [0.1, 0.15) is 0 Å². The van der Waals surface area contributed by atoms with E-state index >= 15 is 0 Å². The molecular weight excluding hydrogens is 302 g/mol. The first-order chi connectivity index (χ1) is 11.7. The van der Waals surface area contributed by atoms with Crippen LogP contribution >= 0.6 is 0 Å². The van der Waals surface area contributed by atoms with Crippen LogP contribution in [-0.4, -0.2) is 49.7 Å². The summed E-state index contributed by atoms with van der Waals surface area (Å²) in [7, 11) is 0. The summed E-state index contributed by atoms with van der Waals surface area (Å²) in [5, 5.41) is 12.7. The Morgan fingerprint density at radius 2 is 2.08 bits per heavy atom. The molecule has 0 radical (unpaired) electrons. The highest BCUT2D eigenvalue weighted by atomic mass is 16.5. The maximum Gasteiger partial charge on any atom is 0.234 e. The lowest BCUT2D eigenvalue weighted by atomic mass is 9.74. The second kappa shape index (κ2) is 7.78. The van der Waals surface area contributed by atoms with Crippen LogP contribution in [0.2, 0.25) is 0 Å². The quantitative estimate of drug-likeness (QED) is 0.896. The molecular formula is C19H25N3O2. The summed E-state index contributed by atoms with van der Waals surface area (Å²) < 4.78 is 5.52. The van der Waals surface area contributed by atoms with Gasteiger partial charge in [0, 0.05) is 26.2 Å². The predicted octanol–water partition coefficient (Wildman–Crippen LogP) is 1.84. The first kappa shape index (κ1) is 16.9. The van der Waals surface area contributed by atoms with E-state index in [9.17, 15) is 10.1 Å². The molecule has 24 heavy (non-hydrogen) atoms. The van der Waals surface area contributed by atoms with Crippen molar-refractivity contribution in [1.29, 1.82) is 5.26 Å². The van der Waals surface area contributed by atoms with Crippen LogP contribution in [0.15, 0.2) is 30.3 Å². The van der Waals surface area contributed by atoms with Crippen LogP contribution in [-0.2, 0) is 14.9 Å². The van der Waals surface area contributed by atoms with E-state index in [4.69, 9.17) is 4.74 Å². The summed E-state index contributed by atoms with van der Waals surface area (Å²) in [6, 6.07) is 12.5. The van der Waals surface area contributed by atoms with Crippen molar-refractivity contribution in [3.8, 4) is 6.07 Å². The van der Waals surface area contributed by atoms with E-state index in [0.29, 0.717) is 13.1 Å². The highest BCUT2D eigenvalue weighted by Crippen LogP contribution is 2.34. The monoisotopic (exact) mass is 327 g/mol. The van der Waals surface area contributed by atoms with E-state index in [1.54, 1.807) is 0 Å². The number of carbonyl (C=O) groups is 1. The van der Waals surface area contributed by atoms with Gasteiger partial charge in [-0.25, -0.2) is 0 Å². The van der Waals surface area contributed by atoms with E-state index in [2.05, 4.69) is 16.3 Å². The van der Waals surface area contributed by atoms with Gasteiger partial charge in [-0.3, -0.25) is 9.69 Å². The molecule has 2 aliphatic rings. The minimum Gasteiger partial charge on any atom is -0.376 e. The smallest absolute Gasteiger partial charge is 0.234 e. The molecule has 2 heterocycles. The normalized spacial score (nSPS) is 23.5. The summed E-state index contributed by atoms with van der Waals surface area (Å²) in [6.45, 7) is 3.37. The lowest BCUT2D eigenvalue weighted by molar-refractivity contribution is -0.123. The fraction of sp³-hybridized carbons (Fsp3) is 0.579. The molecule has 1 aromatic carbocycles. The molecule has 128 valence electrons. The number of likely N-dealkylation sites (tertiary alicyclic amines) is 1. The molecule has 5 heteroatoms. The molecule has 1 unspecified atom stereocenters. The van der Waals surface area contributed by atoms with Gasteiger partial charge in [-0.15, -0.1) is 0 Å². The third-order valence-corrected chi connectivity index (χ3v) is 5.17. The summed E-state index contributed by atoms with van der Waals surface area (Å²) in [5.74, 6) is 0.0506. The third-order valence-electron chi connectivity index (χ3n) is 5.17. The van der Waals surface area contributed by atoms with Crippen molar-refractivity contribution in [3.05, 3.63) is 35.9 Å². The van der Waals surface area contributed by atoms with Gasteiger partial charge in [0.2, 0.25) is 5.91 Å². The lowest BCUT2D eigenvalue weighted by Gasteiger charge is -2.37. The minimum absolute atomic E-state index is 0.0506. The second-order valence-electron chi connectivity index (χ2n) is 6.78. The highest BCUT2D eigenvalue weighted by molar-refractivity contribution is 5.78. The zero-order chi connectivity index (χ0) is 16.8. The Labute approximate surface area is 143 Å². The Morgan fingerprint density at radius 3 is 2.71 bits per heavy atom. The van der Waals surface area contributed by atoms with E-state index in [1.165, 1.54) is 0 Å². The van der Waals surface area contributed by atoms with E-state index in [-0.39, 0.29) is 12.0 Å². The minimum atomic E-state index is -0.411. The van der Waals surface area contributed by atoms with Gasteiger partial charge in [-0.1, -0.05) is 30.3 Å². The van der Waals surface area contributed by atoms with E-state index in [1.807, 2.05) is 30.3 Å². The number of benzene rings is 1. The standard InChI is InChI=1S/C19H25N3O2/c20-15-19(16-5-2-1-3-6-16)8-10-22(11-9-19)14-18(23)21-13-17-7-4-12-24-17/h1-3,5-6,17H,4,7-14H2,(H,21,23). The predicted molar refractivity (Wildman–Crippen MR) is 91.4 cm³/mol. The number of nitriles is 1. The molecule has 0 bridgehead atoms. The summed E-state index contributed by atoms with van der Waals surface area (Å²) in [5.41, 5.74) is 0.682. The van der Waals surface area contributed by atoms with Crippen molar-refractivity contribution in [3.63, 3.8) is 0 Å². The molecule has 2 fully saturated rings. The van der Waals surface area contributed by atoms with E-state index in [0.717, 1.165) is 50.9 Å². The number of ether oxygens (including phenoxy) is 1. The fourth-order valence-corrected chi connectivity index (χ4v) is 3.61. The molecule has 1 aromatic rings. The molecule has 1 N–H and O–H groups in total. The molecule has 0 aliphatic carbocycles. The second-order valence-corrected chi connectivity index (χ2v) is 6.78. The summed E-state index contributed by atoms with van der Waals surface area (Å²) in [6.07, 6.45) is 3.84. The first-order valence-electron chi connectivity index (χ1n) is 8.79. The topological polar surface area (TPSA) is 65.4 Å². The Kier molecular flexibility index (Phi) is 5.49. The van der Waals surface area contributed by atoms with Crippen molar-refractivity contribution < 1.29 is 9.53 Å². The van der Waals surface area contributed by atoms with Crippen molar-refractivity contribution in [2.75, 3.05) is 32.8 Å². The van der Waals surface area contributed by atoms with Gasteiger partial charge >= 0.3 is 0 Å². The Hall–Kier alpha value is -1.90. The molecule has 1 atom stereocenters. The maximum absolute atomic E-state index is 12.1. The van der Waals surface area contributed by atoms with Gasteiger partial charge in [0.05, 0.1) is 24.1 Å². The van der Waals surface area contributed by atoms with Gasteiger partial charge < -0.3 is 10.1 Å². The van der Waals surface area contributed by atoms with Crippen molar-refractivity contribution in [2.45, 2.75) is 37.2 Å². The number of hydrogen-bond donors (Lipinski definition) is 1.